The van der Waals surface area contributed by atoms with Gasteiger partial charge < -0.3 is 14.8 Å². The van der Waals surface area contributed by atoms with E-state index in [9.17, 15) is 9.59 Å². The van der Waals surface area contributed by atoms with E-state index in [1.165, 1.54) is 5.56 Å². The van der Waals surface area contributed by atoms with Crippen molar-refractivity contribution in [2.24, 2.45) is 0 Å². The minimum atomic E-state index is -0.872. The molecular formula is C22H27NO4. The van der Waals surface area contributed by atoms with Crippen molar-refractivity contribution in [3.8, 4) is 5.75 Å². The lowest BCUT2D eigenvalue weighted by atomic mass is 9.87. The van der Waals surface area contributed by atoms with E-state index in [4.69, 9.17) is 9.47 Å². The second-order valence-electron chi connectivity index (χ2n) is 7.36. The molecule has 0 radical (unpaired) electrons. The molecule has 2 rings (SSSR count). The van der Waals surface area contributed by atoms with Crippen molar-refractivity contribution in [2.45, 2.75) is 45.6 Å². The van der Waals surface area contributed by atoms with Gasteiger partial charge in [0.15, 0.2) is 6.10 Å². The smallest absolute Gasteiger partial charge is 0.310 e. The number of nitrogens with one attached hydrogen (secondary N) is 1. The molecule has 0 aliphatic carbocycles. The Hall–Kier alpha value is -2.82. The average molecular weight is 369 g/mol. The second kappa shape index (κ2) is 9.21. The number of para-hydroxylation sites is 1. The van der Waals surface area contributed by atoms with Crippen molar-refractivity contribution < 1.29 is 19.1 Å². The Bertz CT molecular complexity index is 748. The summed E-state index contributed by atoms with van der Waals surface area (Å²) in [5.41, 5.74) is 1.96. The van der Waals surface area contributed by atoms with Crippen molar-refractivity contribution in [2.75, 3.05) is 11.9 Å². The number of esters is 1. The van der Waals surface area contributed by atoms with Crippen molar-refractivity contribution in [3.05, 3.63) is 60.2 Å². The van der Waals surface area contributed by atoms with Gasteiger partial charge in [-0.3, -0.25) is 9.59 Å². The largest absolute Gasteiger partial charge is 0.493 e. The monoisotopic (exact) mass is 369 g/mol. The summed E-state index contributed by atoms with van der Waals surface area (Å²) in [6.07, 6.45) is -0.798. The zero-order valence-corrected chi connectivity index (χ0v) is 16.3. The van der Waals surface area contributed by atoms with Gasteiger partial charge in [0.2, 0.25) is 0 Å². The first-order valence-electron chi connectivity index (χ1n) is 9.04. The third-order valence-electron chi connectivity index (χ3n) is 4.01. The van der Waals surface area contributed by atoms with Crippen LogP contribution in [-0.4, -0.2) is 24.6 Å². The standard InChI is InChI=1S/C22H27NO4/c1-16(21(25)23-18-8-6-5-7-9-18)27-20(24)14-15-26-19-12-10-17(11-13-19)22(2,3)4/h5-13,16H,14-15H2,1-4H3,(H,23,25)/t16-/m0/s1. The van der Waals surface area contributed by atoms with E-state index in [0.717, 1.165) is 0 Å². The molecule has 0 heterocycles. The van der Waals surface area contributed by atoms with Crippen molar-refractivity contribution in [1.82, 2.24) is 0 Å². The Morgan fingerprint density at radius 3 is 2.22 bits per heavy atom. The van der Waals surface area contributed by atoms with E-state index >= 15 is 0 Å². The predicted molar refractivity (Wildman–Crippen MR) is 106 cm³/mol. The van der Waals surface area contributed by atoms with Gasteiger partial charge in [0, 0.05) is 5.69 Å². The third kappa shape index (κ3) is 6.77. The molecule has 1 N–H and O–H groups in total. The van der Waals surface area contributed by atoms with Crippen LogP contribution < -0.4 is 10.1 Å². The summed E-state index contributed by atoms with van der Waals surface area (Å²) >= 11 is 0. The average Bonchev–Trinajstić information content (AvgIpc) is 2.62. The lowest BCUT2D eigenvalue weighted by Gasteiger charge is -2.19. The molecule has 1 amide bonds. The summed E-state index contributed by atoms with van der Waals surface area (Å²) in [5, 5.41) is 2.70. The lowest BCUT2D eigenvalue weighted by molar-refractivity contribution is -0.153. The first kappa shape index (κ1) is 20.5. The molecule has 27 heavy (non-hydrogen) atoms. The SMILES string of the molecule is C[C@H](OC(=O)CCOc1ccc(C(C)(C)C)cc1)C(=O)Nc1ccccc1. The zero-order chi connectivity index (χ0) is 19.9. The molecule has 0 saturated carbocycles. The number of hydrogen-bond acceptors (Lipinski definition) is 4. The molecule has 5 heteroatoms. The van der Waals surface area contributed by atoms with Gasteiger partial charge in [-0.2, -0.15) is 0 Å². The molecule has 0 aliphatic rings. The minimum Gasteiger partial charge on any atom is -0.493 e. The highest BCUT2D eigenvalue weighted by molar-refractivity contribution is 5.95. The van der Waals surface area contributed by atoms with E-state index in [1.807, 2.05) is 42.5 Å². The Morgan fingerprint density at radius 1 is 1.00 bits per heavy atom. The summed E-state index contributed by atoms with van der Waals surface area (Å²) in [6, 6.07) is 16.8. The van der Waals surface area contributed by atoms with Gasteiger partial charge in [0.25, 0.3) is 5.91 Å². The van der Waals surface area contributed by atoms with Gasteiger partial charge in [-0.15, -0.1) is 0 Å². The molecule has 0 fully saturated rings. The quantitative estimate of drug-likeness (QED) is 0.738. The fraction of sp³-hybridized carbons (Fsp3) is 0.364. The number of carbonyl (C=O) groups is 2. The summed E-state index contributed by atoms with van der Waals surface area (Å²) in [4.78, 5) is 23.9. The number of ether oxygens (including phenoxy) is 2. The second-order valence-corrected chi connectivity index (χ2v) is 7.36. The van der Waals surface area contributed by atoms with E-state index in [1.54, 1.807) is 19.1 Å². The summed E-state index contributed by atoms with van der Waals surface area (Å²) in [5.74, 6) is -0.143. The van der Waals surface area contributed by atoms with Crippen LogP contribution in [0.3, 0.4) is 0 Å². The maximum atomic E-state index is 12.0. The van der Waals surface area contributed by atoms with Gasteiger partial charge in [-0.1, -0.05) is 51.1 Å². The Morgan fingerprint density at radius 2 is 1.63 bits per heavy atom. The molecule has 5 nitrogen and oxygen atoms in total. The van der Waals surface area contributed by atoms with Crippen molar-refractivity contribution in [1.29, 1.82) is 0 Å². The van der Waals surface area contributed by atoms with Gasteiger partial charge >= 0.3 is 5.97 Å². The molecular weight excluding hydrogens is 342 g/mol. The Labute approximate surface area is 160 Å². The fourth-order valence-electron chi connectivity index (χ4n) is 2.38. The predicted octanol–water partition coefficient (Wildman–Crippen LogP) is 4.32. The summed E-state index contributed by atoms with van der Waals surface area (Å²) in [6.45, 7) is 8.18. The molecule has 0 aromatic heterocycles. The van der Waals surface area contributed by atoms with E-state index in [0.29, 0.717) is 11.4 Å². The van der Waals surface area contributed by atoms with Crippen LogP contribution in [0.2, 0.25) is 0 Å². The number of benzene rings is 2. The van der Waals surface area contributed by atoms with E-state index in [2.05, 4.69) is 26.1 Å². The minimum absolute atomic E-state index is 0.0734. The molecule has 0 spiro atoms. The van der Waals surface area contributed by atoms with Crippen molar-refractivity contribution >= 4 is 17.6 Å². The highest BCUT2D eigenvalue weighted by atomic mass is 16.5. The van der Waals surface area contributed by atoms with Crippen molar-refractivity contribution in [3.63, 3.8) is 0 Å². The summed E-state index contributed by atoms with van der Waals surface area (Å²) < 4.78 is 10.7. The Kier molecular flexibility index (Phi) is 6.99. The van der Waals surface area contributed by atoms with Gasteiger partial charge in [0.1, 0.15) is 5.75 Å². The number of anilines is 1. The topological polar surface area (TPSA) is 64.6 Å². The van der Waals surface area contributed by atoms with Crippen LogP contribution in [0.25, 0.3) is 0 Å². The zero-order valence-electron chi connectivity index (χ0n) is 16.3. The van der Waals surface area contributed by atoms with Gasteiger partial charge in [-0.05, 0) is 42.2 Å². The number of hydrogen-bond donors (Lipinski definition) is 1. The molecule has 0 saturated heterocycles. The van der Waals surface area contributed by atoms with Crippen LogP contribution in [0.1, 0.15) is 39.7 Å². The molecule has 2 aromatic carbocycles. The van der Waals surface area contributed by atoms with Gasteiger partial charge in [-0.25, -0.2) is 0 Å². The van der Waals surface area contributed by atoms with Gasteiger partial charge in [0.05, 0.1) is 13.0 Å². The number of amides is 1. The van der Waals surface area contributed by atoms with Crippen LogP contribution >= 0.6 is 0 Å². The first-order chi connectivity index (χ1) is 12.8. The van der Waals surface area contributed by atoms with E-state index in [-0.39, 0.29) is 24.3 Å². The molecule has 0 aliphatic heterocycles. The fourth-order valence-corrected chi connectivity index (χ4v) is 2.38. The molecule has 2 aromatic rings. The summed E-state index contributed by atoms with van der Waals surface area (Å²) in [7, 11) is 0. The maximum absolute atomic E-state index is 12.0. The molecule has 1 atom stereocenters. The van der Waals surface area contributed by atoms with Crippen LogP contribution in [-0.2, 0) is 19.7 Å². The van der Waals surface area contributed by atoms with Crippen LogP contribution in [0.15, 0.2) is 54.6 Å². The highest BCUT2D eigenvalue weighted by Gasteiger charge is 2.18. The number of carbonyl (C=O) groups excluding carboxylic acids is 2. The Balaban J connectivity index is 1.73. The van der Waals surface area contributed by atoms with E-state index < -0.39 is 12.1 Å². The lowest BCUT2D eigenvalue weighted by Crippen LogP contribution is -2.30. The maximum Gasteiger partial charge on any atom is 0.310 e. The van der Waals surface area contributed by atoms with Crippen LogP contribution in [0, 0.1) is 0 Å². The first-order valence-corrected chi connectivity index (χ1v) is 9.04. The molecule has 0 unspecified atom stereocenters. The normalized spacial score (nSPS) is 12.1. The van der Waals surface area contributed by atoms with Crippen LogP contribution in [0.4, 0.5) is 5.69 Å². The third-order valence-corrected chi connectivity index (χ3v) is 4.01. The number of rotatable bonds is 7. The van der Waals surface area contributed by atoms with Crippen LogP contribution in [0.5, 0.6) is 5.75 Å². The molecule has 0 bridgehead atoms. The highest BCUT2D eigenvalue weighted by Crippen LogP contribution is 2.24. The molecule has 144 valence electrons.